The number of carbonyl (C=O) groups excluding carboxylic acids is 1. The maximum absolute atomic E-state index is 12.2. The molecule has 0 spiro atoms. The van der Waals surface area contributed by atoms with Crippen molar-refractivity contribution in [3.8, 4) is 0 Å². The Morgan fingerprint density at radius 2 is 2.12 bits per heavy atom. The predicted molar refractivity (Wildman–Crippen MR) is 86.4 cm³/mol. The topological polar surface area (TPSA) is 104 Å². The standard InChI is InChI=1S/C14H17ClN4O4S/c1-3-4-7-19-13(16-17-18-19)9-23-14(20)11-8-10(24(2,21)22)5-6-12(11)15/h5-6,8H,3-4,7,9H2,1-2H3. The van der Waals surface area contributed by atoms with Crippen LogP contribution in [0.4, 0.5) is 0 Å². The fourth-order valence-electron chi connectivity index (χ4n) is 1.91. The molecule has 0 aliphatic rings. The number of benzene rings is 1. The number of aryl methyl sites for hydroxylation is 1. The van der Waals surface area contributed by atoms with Crippen molar-refractivity contribution < 1.29 is 17.9 Å². The first-order chi connectivity index (χ1) is 11.3. The van der Waals surface area contributed by atoms with Crippen LogP contribution in [0.2, 0.25) is 5.02 Å². The molecule has 130 valence electrons. The highest BCUT2D eigenvalue weighted by atomic mass is 35.5. The molecule has 0 saturated heterocycles. The van der Waals surface area contributed by atoms with Gasteiger partial charge in [0.1, 0.15) is 0 Å². The summed E-state index contributed by atoms with van der Waals surface area (Å²) >= 11 is 5.96. The summed E-state index contributed by atoms with van der Waals surface area (Å²) in [4.78, 5) is 12.2. The number of hydrogen-bond donors (Lipinski definition) is 0. The Morgan fingerprint density at radius 3 is 2.79 bits per heavy atom. The minimum absolute atomic E-state index is 0.00775. The fraction of sp³-hybridized carbons (Fsp3) is 0.429. The number of carbonyl (C=O) groups is 1. The SMILES string of the molecule is CCCCn1nnnc1COC(=O)c1cc(S(C)(=O)=O)ccc1Cl. The van der Waals surface area contributed by atoms with E-state index in [0.717, 1.165) is 19.1 Å². The Bertz CT molecular complexity index is 835. The molecule has 0 unspecified atom stereocenters. The van der Waals surface area contributed by atoms with Crippen LogP contribution < -0.4 is 0 Å². The first-order valence-corrected chi connectivity index (χ1v) is 9.51. The number of sulfone groups is 1. The second-order valence-electron chi connectivity index (χ2n) is 5.16. The molecule has 0 fully saturated rings. The zero-order valence-electron chi connectivity index (χ0n) is 13.3. The van der Waals surface area contributed by atoms with Crippen molar-refractivity contribution in [2.24, 2.45) is 0 Å². The number of ether oxygens (including phenoxy) is 1. The lowest BCUT2D eigenvalue weighted by Gasteiger charge is -2.08. The van der Waals surface area contributed by atoms with Crippen LogP contribution in [0.3, 0.4) is 0 Å². The van der Waals surface area contributed by atoms with E-state index in [1.165, 1.54) is 18.2 Å². The quantitative estimate of drug-likeness (QED) is 0.683. The molecule has 2 rings (SSSR count). The van der Waals surface area contributed by atoms with Crippen LogP contribution in [0.15, 0.2) is 23.1 Å². The molecule has 0 amide bonds. The van der Waals surface area contributed by atoms with E-state index in [2.05, 4.69) is 15.5 Å². The smallest absolute Gasteiger partial charge is 0.340 e. The van der Waals surface area contributed by atoms with Gasteiger partial charge in [0.05, 0.1) is 15.5 Å². The van der Waals surface area contributed by atoms with E-state index in [-0.39, 0.29) is 22.1 Å². The number of halogens is 1. The van der Waals surface area contributed by atoms with E-state index in [9.17, 15) is 13.2 Å². The Labute approximate surface area is 144 Å². The van der Waals surface area contributed by atoms with Crippen molar-refractivity contribution >= 4 is 27.4 Å². The predicted octanol–water partition coefficient (Wildman–Crippen LogP) is 1.89. The zero-order valence-corrected chi connectivity index (χ0v) is 14.8. The van der Waals surface area contributed by atoms with Crippen LogP contribution in [-0.2, 0) is 27.7 Å². The number of hydrogen-bond acceptors (Lipinski definition) is 7. The van der Waals surface area contributed by atoms with Crippen molar-refractivity contribution in [1.82, 2.24) is 20.2 Å². The monoisotopic (exact) mass is 372 g/mol. The summed E-state index contributed by atoms with van der Waals surface area (Å²) in [6, 6.07) is 3.87. The third kappa shape index (κ3) is 4.51. The van der Waals surface area contributed by atoms with E-state index < -0.39 is 15.8 Å². The normalized spacial score (nSPS) is 11.5. The highest BCUT2D eigenvalue weighted by Crippen LogP contribution is 2.21. The van der Waals surface area contributed by atoms with E-state index in [1.807, 2.05) is 6.92 Å². The number of unbranched alkanes of at least 4 members (excludes halogenated alkanes) is 1. The second-order valence-corrected chi connectivity index (χ2v) is 7.58. The lowest BCUT2D eigenvalue weighted by molar-refractivity contribution is 0.0456. The van der Waals surface area contributed by atoms with Gasteiger partial charge in [-0.15, -0.1) is 5.10 Å². The first-order valence-electron chi connectivity index (χ1n) is 7.24. The van der Waals surface area contributed by atoms with Gasteiger partial charge in [0.15, 0.2) is 22.3 Å². The van der Waals surface area contributed by atoms with Crippen molar-refractivity contribution in [2.45, 2.75) is 37.8 Å². The molecule has 24 heavy (non-hydrogen) atoms. The molecule has 10 heteroatoms. The van der Waals surface area contributed by atoms with Gasteiger partial charge in [0, 0.05) is 12.8 Å². The summed E-state index contributed by atoms with van der Waals surface area (Å²) in [5, 5.41) is 11.3. The molecular weight excluding hydrogens is 356 g/mol. The van der Waals surface area contributed by atoms with Crippen LogP contribution in [0.5, 0.6) is 0 Å². The first kappa shape index (κ1) is 18.3. The number of aromatic nitrogens is 4. The van der Waals surface area contributed by atoms with E-state index >= 15 is 0 Å². The maximum Gasteiger partial charge on any atom is 0.340 e. The summed E-state index contributed by atoms with van der Waals surface area (Å²) in [6.07, 6.45) is 2.93. The molecule has 0 N–H and O–H groups in total. The van der Waals surface area contributed by atoms with Crippen LogP contribution in [0.25, 0.3) is 0 Å². The summed E-state index contributed by atoms with van der Waals surface area (Å²) < 4.78 is 29.9. The molecule has 0 radical (unpaired) electrons. The Balaban J connectivity index is 2.12. The summed E-state index contributed by atoms with van der Waals surface area (Å²) in [7, 11) is -3.45. The zero-order chi connectivity index (χ0) is 17.7. The third-order valence-electron chi connectivity index (χ3n) is 3.25. The highest BCUT2D eigenvalue weighted by Gasteiger charge is 2.18. The van der Waals surface area contributed by atoms with Crippen molar-refractivity contribution in [3.05, 3.63) is 34.6 Å². The van der Waals surface area contributed by atoms with Crippen LogP contribution in [0.1, 0.15) is 35.9 Å². The minimum atomic E-state index is -3.45. The highest BCUT2D eigenvalue weighted by molar-refractivity contribution is 7.90. The molecule has 1 heterocycles. The van der Waals surface area contributed by atoms with Crippen LogP contribution in [0, 0.1) is 0 Å². The molecule has 0 aliphatic carbocycles. The molecule has 0 bridgehead atoms. The Kier molecular flexibility index (Phi) is 5.89. The van der Waals surface area contributed by atoms with Gasteiger partial charge in [-0.25, -0.2) is 17.9 Å². The van der Waals surface area contributed by atoms with Gasteiger partial charge in [-0.3, -0.25) is 0 Å². The van der Waals surface area contributed by atoms with E-state index in [1.54, 1.807) is 4.68 Å². The van der Waals surface area contributed by atoms with Gasteiger partial charge in [0.25, 0.3) is 0 Å². The molecule has 0 saturated carbocycles. The number of esters is 1. The molecule has 0 atom stereocenters. The van der Waals surface area contributed by atoms with E-state index in [4.69, 9.17) is 16.3 Å². The average Bonchev–Trinajstić information content (AvgIpc) is 2.97. The summed E-state index contributed by atoms with van der Waals surface area (Å²) in [6.45, 7) is 2.54. The van der Waals surface area contributed by atoms with E-state index in [0.29, 0.717) is 12.4 Å². The molecule has 2 aromatic rings. The fourth-order valence-corrected chi connectivity index (χ4v) is 2.75. The van der Waals surface area contributed by atoms with Gasteiger partial charge in [-0.2, -0.15) is 0 Å². The molecule has 1 aromatic carbocycles. The summed E-state index contributed by atoms with van der Waals surface area (Å²) in [5.41, 5.74) is -0.0211. The lowest BCUT2D eigenvalue weighted by Crippen LogP contribution is -2.12. The molecule has 1 aromatic heterocycles. The average molecular weight is 373 g/mol. The molecule has 8 nitrogen and oxygen atoms in total. The number of tetrazole rings is 1. The Hall–Kier alpha value is -2.00. The van der Waals surface area contributed by atoms with Gasteiger partial charge < -0.3 is 4.74 Å². The lowest BCUT2D eigenvalue weighted by atomic mass is 10.2. The van der Waals surface area contributed by atoms with Gasteiger partial charge >= 0.3 is 5.97 Å². The third-order valence-corrected chi connectivity index (χ3v) is 4.69. The Morgan fingerprint density at radius 1 is 1.38 bits per heavy atom. The van der Waals surface area contributed by atoms with Gasteiger partial charge in [-0.05, 0) is 35.0 Å². The number of rotatable bonds is 7. The molecule has 0 aliphatic heterocycles. The maximum atomic E-state index is 12.2. The second kappa shape index (κ2) is 7.71. The largest absolute Gasteiger partial charge is 0.454 e. The van der Waals surface area contributed by atoms with Gasteiger partial charge in [-0.1, -0.05) is 24.9 Å². The van der Waals surface area contributed by atoms with Crippen LogP contribution in [-0.4, -0.2) is 40.9 Å². The van der Waals surface area contributed by atoms with Crippen LogP contribution >= 0.6 is 11.6 Å². The summed E-state index contributed by atoms with van der Waals surface area (Å²) in [5.74, 6) is -0.331. The molecular formula is C14H17ClN4O4S. The van der Waals surface area contributed by atoms with Crippen molar-refractivity contribution in [1.29, 1.82) is 0 Å². The van der Waals surface area contributed by atoms with Crippen molar-refractivity contribution in [2.75, 3.05) is 6.26 Å². The van der Waals surface area contributed by atoms with Gasteiger partial charge in [0.2, 0.25) is 0 Å². The van der Waals surface area contributed by atoms with Crippen molar-refractivity contribution in [3.63, 3.8) is 0 Å². The number of nitrogens with zero attached hydrogens (tertiary/aromatic N) is 4. The minimum Gasteiger partial charge on any atom is -0.454 e.